The second kappa shape index (κ2) is 6.18. The van der Waals surface area contributed by atoms with E-state index in [1.807, 2.05) is 0 Å². The van der Waals surface area contributed by atoms with Crippen molar-refractivity contribution in [3.05, 3.63) is 34.6 Å². The van der Waals surface area contributed by atoms with Crippen LogP contribution in [0, 0.1) is 5.82 Å². The van der Waals surface area contributed by atoms with Gasteiger partial charge < -0.3 is 14.6 Å². The summed E-state index contributed by atoms with van der Waals surface area (Å²) >= 11 is 5.64. The van der Waals surface area contributed by atoms with Crippen LogP contribution in [0.15, 0.2) is 18.2 Å². The van der Waals surface area contributed by atoms with Crippen molar-refractivity contribution in [3.63, 3.8) is 0 Å². The lowest BCUT2D eigenvalue weighted by Gasteiger charge is -2.39. The fourth-order valence-electron chi connectivity index (χ4n) is 2.47. The summed E-state index contributed by atoms with van der Waals surface area (Å²) in [5.74, 6) is -0.468. The van der Waals surface area contributed by atoms with Gasteiger partial charge in [0.05, 0.1) is 16.7 Å². The van der Waals surface area contributed by atoms with E-state index in [1.54, 1.807) is 13.2 Å². The molecule has 1 aromatic carbocycles. The van der Waals surface area contributed by atoms with Gasteiger partial charge in [-0.1, -0.05) is 17.7 Å². The molecule has 0 radical (unpaired) electrons. The normalized spacial score (nSPS) is 20.2. The van der Waals surface area contributed by atoms with Gasteiger partial charge in [0.2, 0.25) is 0 Å². The molecule has 5 heteroatoms. The fourth-order valence-corrected chi connectivity index (χ4v) is 2.58. The minimum absolute atomic E-state index is 0.0887. The highest BCUT2D eigenvalue weighted by molar-refractivity contribution is 6.30. The molecular formula is C14H18ClFO3. The first-order chi connectivity index (χ1) is 9.07. The zero-order chi connectivity index (χ0) is 13.9. The van der Waals surface area contributed by atoms with Crippen LogP contribution in [-0.2, 0) is 15.9 Å². The van der Waals surface area contributed by atoms with E-state index >= 15 is 0 Å². The molecule has 19 heavy (non-hydrogen) atoms. The van der Waals surface area contributed by atoms with Crippen LogP contribution in [0.3, 0.4) is 0 Å². The van der Waals surface area contributed by atoms with E-state index in [9.17, 15) is 9.50 Å². The molecule has 1 unspecified atom stereocenters. The van der Waals surface area contributed by atoms with E-state index in [4.69, 9.17) is 21.1 Å². The number of hydrogen-bond donors (Lipinski definition) is 1. The Morgan fingerprint density at radius 3 is 2.74 bits per heavy atom. The zero-order valence-corrected chi connectivity index (χ0v) is 11.6. The quantitative estimate of drug-likeness (QED) is 0.925. The predicted octanol–water partition coefficient (Wildman–Crippen LogP) is 2.58. The van der Waals surface area contributed by atoms with Crippen LogP contribution in [0.1, 0.15) is 18.4 Å². The lowest BCUT2D eigenvalue weighted by Crippen LogP contribution is -2.49. The Morgan fingerprint density at radius 2 is 2.16 bits per heavy atom. The van der Waals surface area contributed by atoms with Crippen LogP contribution in [0.4, 0.5) is 4.39 Å². The third-order valence-corrected chi connectivity index (χ3v) is 4.07. The fraction of sp³-hybridized carbons (Fsp3) is 0.571. The molecule has 0 amide bonds. The summed E-state index contributed by atoms with van der Waals surface area (Å²) in [6.07, 6.45) is 0.922. The molecule has 1 saturated heterocycles. The highest BCUT2D eigenvalue weighted by Crippen LogP contribution is 2.30. The number of benzene rings is 1. The lowest BCUT2D eigenvalue weighted by molar-refractivity contribution is -0.151. The number of aliphatic hydroxyl groups excluding tert-OH is 1. The second-order valence-electron chi connectivity index (χ2n) is 4.85. The minimum Gasteiger partial charge on any atom is -0.390 e. The number of rotatable bonds is 4. The highest BCUT2D eigenvalue weighted by atomic mass is 35.5. The third-order valence-electron chi connectivity index (χ3n) is 3.77. The molecule has 1 fully saturated rings. The van der Waals surface area contributed by atoms with Crippen LogP contribution in [-0.4, -0.2) is 37.1 Å². The van der Waals surface area contributed by atoms with E-state index in [-0.39, 0.29) is 5.02 Å². The van der Waals surface area contributed by atoms with Gasteiger partial charge >= 0.3 is 0 Å². The Hall–Kier alpha value is -0.680. The third kappa shape index (κ3) is 3.26. The van der Waals surface area contributed by atoms with Crippen LogP contribution < -0.4 is 0 Å². The predicted molar refractivity (Wildman–Crippen MR) is 70.9 cm³/mol. The van der Waals surface area contributed by atoms with Crippen LogP contribution in [0.5, 0.6) is 0 Å². The summed E-state index contributed by atoms with van der Waals surface area (Å²) in [6, 6.07) is 4.58. The molecule has 0 saturated carbocycles. The van der Waals surface area contributed by atoms with Crippen LogP contribution in [0.25, 0.3) is 0 Å². The number of methoxy groups -OCH3 is 1. The number of ether oxygens (including phenoxy) is 2. The first kappa shape index (κ1) is 14.7. The molecule has 3 nitrogen and oxygen atoms in total. The molecule has 0 aromatic heterocycles. The lowest BCUT2D eigenvalue weighted by atomic mass is 9.84. The molecule has 2 rings (SSSR count). The molecule has 1 heterocycles. The van der Waals surface area contributed by atoms with E-state index in [0.29, 0.717) is 38.0 Å². The topological polar surface area (TPSA) is 38.7 Å². The van der Waals surface area contributed by atoms with Crippen molar-refractivity contribution in [1.29, 1.82) is 0 Å². The van der Waals surface area contributed by atoms with Crippen LogP contribution in [0.2, 0.25) is 5.02 Å². The van der Waals surface area contributed by atoms with E-state index in [0.717, 1.165) is 0 Å². The molecule has 1 aromatic rings. The molecule has 1 atom stereocenters. The van der Waals surface area contributed by atoms with Crippen molar-refractivity contribution < 1.29 is 19.0 Å². The van der Waals surface area contributed by atoms with Gasteiger partial charge in [-0.3, -0.25) is 0 Å². The standard InChI is InChI=1S/C14H18ClFO3/c1-18-14(4-6-19-7-5-14)13(17)9-10-2-3-11(15)12(16)8-10/h2-3,8,13,17H,4-7,9H2,1H3. The van der Waals surface area contributed by atoms with Gasteiger partial charge in [-0.15, -0.1) is 0 Å². The van der Waals surface area contributed by atoms with Gasteiger partial charge in [0.15, 0.2) is 0 Å². The maximum absolute atomic E-state index is 13.4. The van der Waals surface area contributed by atoms with Crippen LogP contribution >= 0.6 is 11.6 Å². The summed E-state index contributed by atoms with van der Waals surface area (Å²) in [7, 11) is 1.59. The molecule has 106 valence electrons. The molecular weight excluding hydrogens is 271 g/mol. The summed E-state index contributed by atoms with van der Waals surface area (Å²) in [5, 5.41) is 10.5. The minimum atomic E-state index is -0.693. The average molecular weight is 289 g/mol. The average Bonchev–Trinajstić information content (AvgIpc) is 2.43. The van der Waals surface area contributed by atoms with Crippen molar-refractivity contribution in [2.45, 2.75) is 31.0 Å². The Balaban J connectivity index is 2.10. The van der Waals surface area contributed by atoms with E-state index in [2.05, 4.69) is 0 Å². The molecule has 0 spiro atoms. The van der Waals surface area contributed by atoms with E-state index < -0.39 is 17.5 Å². The van der Waals surface area contributed by atoms with Crippen molar-refractivity contribution >= 4 is 11.6 Å². The number of aliphatic hydroxyl groups is 1. The summed E-state index contributed by atoms with van der Waals surface area (Å²) in [4.78, 5) is 0. The molecule has 1 aliphatic rings. The Morgan fingerprint density at radius 1 is 1.47 bits per heavy atom. The maximum atomic E-state index is 13.4. The van der Waals surface area contributed by atoms with Crippen molar-refractivity contribution in [2.24, 2.45) is 0 Å². The van der Waals surface area contributed by atoms with Gasteiger partial charge in [0.25, 0.3) is 0 Å². The number of hydrogen-bond acceptors (Lipinski definition) is 3. The van der Waals surface area contributed by atoms with Gasteiger partial charge in [-0.05, 0) is 17.7 Å². The molecule has 1 N–H and O–H groups in total. The molecule has 0 aliphatic carbocycles. The van der Waals surface area contributed by atoms with Gasteiger partial charge in [-0.25, -0.2) is 4.39 Å². The largest absolute Gasteiger partial charge is 0.390 e. The molecule has 1 aliphatic heterocycles. The SMILES string of the molecule is COC1(C(O)Cc2ccc(Cl)c(F)c2)CCOCC1. The van der Waals surface area contributed by atoms with Crippen molar-refractivity contribution in [3.8, 4) is 0 Å². The first-order valence-corrected chi connectivity index (χ1v) is 6.70. The van der Waals surface area contributed by atoms with Crippen molar-refractivity contribution in [1.82, 2.24) is 0 Å². The Labute approximate surface area is 117 Å². The Bertz CT molecular complexity index is 433. The summed E-state index contributed by atoms with van der Waals surface area (Å²) < 4.78 is 24.2. The zero-order valence-electron chi connectivity index (χ0n) is 10.9. The monoisotopic (exact) mass is 288 g/mol. The number of halogens is 2. The van der Waals surface area contributed by atoms with Crippen molar-refractivity contribution in [2.75, 3.05) is 20.3 Å². The maximum Gasteiger partial charge on any atom is 0.142 e. The first-order valence-electron chi connectivity index (χ1n) is 6.32. The van der Waals surface area contributed by atoms with Gasteiger partial charge in [0, 0.05) is 39.6 Å². The van der Waals surface area contributed by atoms with Gasteiger partial charge in [-0.2, -0.15) is 0 Å². The van der Waals surface area contributed by atoms with Gasteiger partial charge in [0.1, 0.15) is 5.82 Å². The Kier molecular flexibility index (Phi) is 4.79. The highest BCUT2D eigenvalue weighted by Gasteiger charge is 2.39. The van der Waals surface area contributed by atoms with E-state index in [1.165, 1.54) is 12.1 Å². The smallest absolute Gasteiger partial charge is 0.142 e. The second-order valence-corrected chi connectivity index (χ2v) is 5.26. The summed E-state index contributed by atoms with van der Waals surface area (Å²) in [6.45, 7) is 1.14. The summed E-state index contributed by atoms with van der Waals surface area (Å²) in [5.41, 5.74) is 0.103. The molecule has 0 bridgehead atoms.